The van der Waals surface area contributed by atoms with Gasteiger partial charge in [0.15, 0.2) is 0 Å². The topological polar surface area (TPSA) is 22.1 Å². The zero-order chi connectivity index (χ0) is 11.2. The first-order valence-corrected chi connectivity index (χ1v) is 6.36. The molecular weight excluding hydrogens is 218 g/mol. The fourth-order valence-corrected chi connectivity index (χ4v) is 2.15. The fraction of sp³-hybridized carbons (Fsp3) is 0.308. The molecule has 84 valence electrons. The summed E-state index contributed by atoms with van der Waals surface area (Å²) in [6.07, 6.45) is 3.78. The highest BCUT2D eigenvalue weighted by atomic mass is 32.1. The van der Waals surface area contributed by atoms with Crippen molar-refractivity contribution in [2.45, 2.75) is 19.8 Å². The van der Waals surface area contributed by atoms with Crippen LogP contribution < -0.4 is 4.74 Å². The van der Waals surface area contributed by atoms with Gasteiger partial charge in [0.05, 0.1) is 6.61 Å². The van der Waals surface area contributed by atoms with Crippen LogP contribution in [0.15, 0.2) is 35.8 Å². The lowest BCUT2D eigenvalue weighted by molar-refractivity contribution is 0.310. The minimum Gasteiger partial charge on any atom is -0.477 e. The second-order valence-corrected chi connectivity index (χ2v) is 4.57. The molecule has 0 aliphatic heterocycles. The lowest BCUT2D eigenvalue weighted by Gasteiger charge is -2.05. The zero-order valence-corrected chi connectivity index (χ0v) is 10.2. The molecule has 0 fully saturated rings. The molecule has 0 amide bonds. The molecule has 2 rings (SSSR count). The molecule has 0 atom stereocenters. The molecule has 0 saturated carbocycles. The standard InChI is InChI=1S/C13H15NOS/c1-2-11-5-7-14-13(10-11)15-8-6-12-4-3-9-16-12/h3-5,7,9-10H,2,6,8H2,1H3. The molecule has 2 heterocycles. The normalized spacial score (nSPS) is 10.3. The molecule has 0 saturated heterocycles. The van der Waals surface area contributed by atoms with Gasteiger partial charge in [-0.2, -0.15) is 0 Å². The second-order valence-electron chi connectivity index (χ2n) is 3.53. The van der Waals surface area contributed by atoms with Crippen LogP contribution in [0.4, 0.5) is 0 Å². The van der Waals surface area contributed by atoms with Crippen LogP contribution in [0.3, 0.4) is 0 Å². The Hall–Kier alpha value is -1.35. The maximum atomic E-state index is 5.62. The predicted molar refractivity (Wildman–Crippen MR) is 67.1 cm³/mol. The van der Waals surface area contributed by atoms with Crippen LogP contribution in [-0.2, 0) is 12.8 Å². The minimum absolute atomic E-state index is 0.695. The van der Waals surface area contributed by atoms with Gasteiger partial charge in [-0.15, -0.1) is 11.3 Å². The Morgan fingerprint density at radius 2 is 2.31 bits per heavy atom. The summed E-state index contributed by atoms with van der Waals surface area (Å²) in [4.78, 5) is 5.54. The van der Waals surface area contributed by atoms with Gasteiger partial charge in [-0.3, -0.25) is 0 Å². The number of thiophene rings is 1. The summed E-state index contributed by atoms with van der Waals surface area (Å²) in [6.45, 7) is 2.82. The molecule has 0 bridgehead atoms. The molecule has 0 aliphatic rings. The first-order chi connectivity index (χ1) is 7.88. The summed E-state index contributed by atoms with van der Waals surface area (Å²) < 4.78 is 5.62. The van der Waals surface area contributed by atoms with E-state index in [2.05, 4.69) is 29.4 Å². The number of nitrogens with zero attached hydrogens (tertiary/aromatic N) is 1. The third-order valence-electron chi connectivity index (χ3n) is 2.39. The highest BCUT2D eigenvalue weighted by molar-refractivity contribution is 7.09. The van der Waals surface area contributed by atoms with Crippen molar-refractivity contribution in [1.29, 1.82) is 0 Å². The van der Waals surface area contributed by atoms with Crippen LogP contribution in [0.1, 0.15) is 17.4 Å². The highest BCUT2D eigenvalue weighted by Crippen LogP contribution is 2.12. The van der Waals surface area contributed by atoms with Gasteiger partial charge < -0.3 is 4.74 Å². The van der Waals surface area contributed by atoms with E-state index in [0.29, 0.717) is 6.61 Å². The van der Waals surface area contributed by atoms with E-state index in [1.807, 2.05) is 12.1 Å². The van der Waals surface area contributed by atoms with Gasteiger partial charge in [0.2, 0.25) is 5.88 Å². The monoisotopic (exact) mass is 233 g/mol. The average Bonchev–Trinajstić information content (AvgIpc) is 2.82. The van der Waals surface area contributed by atoms with Crippen LogP contribution in [0, 0.1) is 0 Å². The molecule has 0 aliphatic carbocycles. The number of pyridine rings is 1. The van der Waals surface area contributed by atoms with Crippen molar-refractivity contribution in [3.05, 3.63) is 46.3 Å². The molecule has 2 aromatic heterocycles. The van der Waals surface area contributed by atoms with Crippen LogP contribution in [0.25, 0.3) is 0 Å². The quantitative estimate of drug-likeness (QED) is 0.790. The highest BCUT2D eigenvalue weighted by Gasteiger charge is 1.98. The second kappa shape index (κ2) is 5.66. The van der Waals surface area contributed by atoms with E-state index in [1.165, 1.54) is 10.4 Å². The van der Waals surface area contributed by atoms with Gasteiger partial charge in [0, 0.05) is 23.6 Å². The van der Waals surface area contributed by atoms with E-state index in [0.717, 1.165) is 18.7 Å². The maximum absolute atomic E-state index is 5.62. The lowest BCUT2D eigenvalue weighted by atomic mass is 10.2. The Bertz CT molecular complexity index is 425. The van der Waals surface area contributed by atoms with E-state index < -0.39 is 0 Å². The summed E-state index contributed by atoms with van der Waals surface area (Å²) in [6, 6.07) is 8.22. The SMILES string of the molecule is CCc1ccnc(OCCc2cccs2)c1. The van der Waals surface area contributed by atoms with E-state index in [4.69, 9.17) is 4.74 Å². The first kappa shape index (κ1) is 11.1. The third-order valence-corrected chi connectivity index (χ3v) is 3.32. The van der Waals surface area contributed by atoms with Crippen molar-refractivity contribution in [2.24, 2.45) is 0 Å². The smallest absolute Gasteiger partial charge is 0.213 e. The van der Waals surface area contributed by atoms with Crippen LogP contribution in [-0.4, -0.2) is 11.6 Å². The summed E-state index contributed by atoms with van der Waals surface area (Å²) in [5.41, 5.74) is 1.26. The number of rotatable bonds is 5. The molecule has 0 unspecified atom stereocenters. The van der Waals surface area contributed by atoms with Crippen molar-refractivity contribution in [1.82, 2.24) is 4.98 Å². The maximum Gasteiger partial charge on any atom is 0.213 e. The first-order valence-electron chi connectivity index (χ1n) is 5.48. The van der Waals surface area contributed by atoms with Gasteiger partial charge in [0.1, 0.15) is 0 Å². The summed E-state index contributed by atoms with van der Waals surface area (Å²) in [5, 5.41) is 2.09. The number of aromatic nitrogens is 1. The summed E-state index contributed by atoms with van der Waals surface area (Å²) in [7, 11) is 0. The van der Waals surface area contributed by atoms with Crippen molar-refractivity contribution < 1.29 is 4.74 Å². The van der Waals surface area contributed by atoms with E-state index in [-0.39, 0.29) is 0 Å². The molecule has 2 aromatic rings. The van der Waals surface area contributed by atoms with Crippen molar-refractivity contribution in [3.63, 3.8) is 0 Å². The molecule has 0 N–H and O–H groups in total. The number of hydrogen-bond acceptors (Lipinski definition) is 3. The largest absolute Gasteiger partial charge is 0.477 e. The van der Waals surface area contributed by atoms with Crippen molar-refractivity contribution >= 4 is 11.3 Å². The Labute approximate surface area is 99.9 Å². The van der Waals surface area contributed by atoms with E-state index in [9.17, 15) is 0 Å². The molecule has 0 aromatic carbocycles. The molecule has 16 heavy (non-hydrogen) atoms. The lowest BCUT2D eigenvalue weighted by Crippen LogP contribution is -2.01. The fourth-order valence-electron chi connectivity index (χ4n) is 1.46. The third kappa shape index (κ3) is 3.07. The van der Waals surface area contributed by atoms with Crippen molar-refractivity contribution in [3.8, 4) is 5.88 Å². The van der Waals surface area contributed by atoms with Gasteiger partial charge in [-0.05, 0) is 29.5 Å². The van der Waals surface area contributed by atoms with E-state index in [1.54, 1.807) is 17.5 Å². The Morgan fingerprint density at radius 3 is 3.06 bits per heavy atom. The van der Waals surface area contributed by atoms with Gasteiger partial charge in [-0.25, -0.2) is 4.98 Å². The minimum atomic E-state index is 0.695. The van der Waals surface area contributed by atoms with Crippen LogP contribution >= 0.6 is 11.3 Å². The van der Waals surface area contributed by atoms with E-state index >= 15 is 0 Å². The summed E-state index contributed by atoms with van der Waals surface area (Å²) in [5.74, 6) is 0.732. The Morgan fingerprint density at radius 1 is 1.38 bits per heavy atom. The molecule has 2 nitrogen and oxygen atoms in total. The molecule has 0 spiro atoms. The zero-order valence-electron chi connectivity index (χ0n) is 9.35. The van der Waals surface area contributed by atoms with Gasteiger partial charge >= 0.3 is 0 Å². The predicted octanol–water partition coefficient (Wildman–Crippen LogP) is 3.33. The summed E-state index contributed by atoms with van der Waals surface area (Å²) >= 11 is 1.77. The van der Waals surface area contributed by atoms with Crippen molar-refractivity contribution in [2.75, 3.05) is 6.61 Å². The van der Waals surface area contributed by atoms with Gasteiger partial charge in [-0.1, -0.05) is 13.0 Å². The molecule has 3 heteroatoms. The van der Waals surface area contributed by atoms with Crippen LogP contribution in [0.2, 0.25) is 0 Å². The number of ether oxygens (including phenoxy) is 1. The average molecular weight is 233 g/mol. The Balaban J connectivity index is 1.85. The number of aryl methyl sites for hydroxylation is 1. The molecule has 0 radical (unpaired) electrons. The van der Waals surface area contributed by atoms with Gasteiger partial charge in [0.25, 0.3) is 0 Å². The van der Waals surface area contributed by atoms with Crippen LogP contribution in [0.5, 0.6) is 5.88 Å². The molecular formula is C13H15NOS. The number of hydrogen-bond donors (Lipinski definition) is 0. The Kier molecular flexibility index (Phi) is 3.94.